The molecule has 1 aromatic carbocycles. The van der Waals surface area contributed by atoms with Crippen molar-refractivity contribution < 1.29 is 28.7 Å². The number of likely N-dealkylation sites (tertiary alicyclic amines) is 1. The zero-order valence-corrected chi connectivity index (χ0v) is 17.9. The van der Waals surface area contributed by atoms with E-state index in [4.69, 9.17) is 9.47 Å². The summed E-state index contributed by atoms with van der Waals surface area (Å²) in [7, 11) is 0. The molecule has 0 radical (unpaired) electrons. The van der Waals surface area contributed by atoms with E-state index in [2.05, 4.69) is 0 Å². The van der Waals surface area contributed by atoms with Crippen molar-refractivity contribution in [2.24, 2.45) is 0 Å². The highest BCUT2D eigenvalue weighted by atomic mass is 16.5. The summed E-state index contributed by atoms with van der Waals surface area (Å²) in [5, 5.41) is 0. The van der Waals surface area contributed by atoms with Gasteiger partial charge in [-0.1, -0.05) is 12.1 Å². The smallest absolute Gasteiger partial charge is 0.260 e. The maximum absolute atomic E-state index is 12.6. The molecule has 31 heavy (non-hydrogen) atoms. The van der Waals surface area contributed by atoms with Crippen LogP contribution in [-0.2, 0) is 25.6 Å². The maximum atomic E-state index is 12.6. The quantitative estimate of drug-likeness (QED) is 0.636. The predicted octanol–water partition coefficient (Wildman–Crippen LogP) is 0.599. The number of rotatable bonds is 5. The highest BCUT2D eigenvalue weighted by Crippen LogP contribution is 2.41. The molecular formula is C22H27N3O6. The Kier molecular flexibility index (Phi) is 5.60. The Morgan fingerprint density at radius 3 is 2.26 bits per heavy atom. The first-order valence-electron chi connectivity index (χ1n) is 10.6. The number of para-hydroxylation sites is 1. The fourth-order valence-corrected chi connectivity index (χ4v) is 4.17. The van der Waals surface area contributed by atoms with Crippen LogP contribution in [0.4, 0.5) is 0 Å². The number of carbonyl (C=O) groups excluding carboxylic acids is 4. The molecule has 0 bridgehead atoms. The lowest BCUT2D eigenvalue weighted by Gasteiger charge is -2.35. The topological polar surface area (TPSA) is 96.5 Å². The van der Waals surface area contributed by atoms with E-state index < -0.39 is 0 Å². The van der Waals surface area contributed by atoms with Gasteiger partial charge in [0.2, 0.25) is 17.7 Å². The molecule has 9 nitrogen and oxygen atoms in total. The summed E-state index contributed by atoms with van der Waals surface area (Å²) in [5.41, 5.74) is 0.774. The van der Waals surface area contributed by atoms with Gasteiger partial charge in [-0.25, -0.2) is 0 Å². The van der Waals surface area contributed by atoms with Gasteiger partial charge in [0.15, 0.2) is 18.1 Å². The first-order chi connectivity index (χ1) is 14.7. The van der Waals surface area contributed by atoms with Gasteiger partial charge in [0.25, 0.3) is 5.91 Å². The molecule has 9 heteroatoms. The van der Waals surface area contributed by atoms with Crippen LogP contribution < -0.4 is 9.47 Å². The van der Waals surface area contributed by atoms with E-state index in [9.17, 15) is 19.2 Å². The molecule has 0 saturated carbocycles. The number of imide groups is 1. The monoisotopic (exact) mass is 429 g/mol. The number of carbonyl (C=O) groups is 4. The Labute approximate surface area is 180 Å². The average Bonchev–Trinajstić information content (AvgIpc) is 3.23. The van der Waals surface area contributed by atoms with E-state index in [1.807, 2.05) is 26.0 Å². The molecule has 0 unspecified atom stereocenters. The van der Waals surface area contributed by atoms with Crippen LogP contribution in [0.1, 0.15) is 32.3 Å². The third-order valence-electron chi connectivity index (χ3n) is 5.84. The van der Waals surface area contributed by atoms with Gasteiger partial charge in [-0.3, -0.25) is 24.1 Å². The van der Waals surface area contributed by atoms with Crippen molar-refractivity contribution in [1.82, 2.24) is 14.7 Å². The van der Waals surface area contributed by atoms with Crippen molar-refractivity contribution in [3.63, 3.8) is 0 Å². The summed E-state index contributed by atoms with van der Waals surface area (Å²) in [5.74, 6) is 0.221. The van der Waals surface area contributed by atoms with Crippen molar-refractivity contribution in [3.05, 3.63) is 23.8 Å². The lowest BCUT2D eigenvalue weighted by Crippen LogP contribution is -2.53. The van der Waals surface area contributed by atoms with Crippen LogP contribution in [0.3, 0.4) is 0 Å². The third kappa shape index (κ3) is 4.50. The minimum absolute atomic E-state index is 0.106. The van der Waals surface area contributed by atoms with Crippen molar-refractivity contribution in [2.75, 3.05) is 39.3 Å². The van der Waals surface area contributed by atoms with E-state index in [0.29, 0.717) is 37.7 Å². The van der Waals surface area contributed by atoms with Gasteiger partial charge < -0.3 is 19.3 Å². The Hall–Kier alpha value is -3.10. The fourth-order valence-electron chi connectivity index (χ4n) is 4.17. The number of benzene rings is 1. The zero-order valence-electron chi connectivity index (χ0n) is 17.9. The second-order valence-electron chi connectivity index (χ2n) is 8.71. The van der Waals surface area contributed by atoms with Gasteiger partial charge in [-0.15, -0.1) is 0 Å². The number of hydrogen-bond acceptors (Lipinski definition) is 6. The molecule has 0 aliphatic carbocycles. The van der Waals surface area contributed by atoms with Crippen molar-refractivity contribution in [1.29, 1.82) is 0 Å². The molecule has 3 heterocycles. The van der Waals surface area contributed by atoms with Gasteiger partial charge in [0.1, 0.15) is 12.1 Å². The van der Waals surface area contributed by atoms with E-state index in [1.54, 1.807) is 15.9 Å². The molecule has 4 rings (SSSR count). The maximum Gasteiger partial charge on any atom is 0.260 e. The van der Waals surface area contributed by atoms with Gasteiger partial charge in [0, 0.05) is 51.0 Å². The molecular weight excluding hydrogens is 402 g/mol. The lowest BCUT2D eigenvalue weighted by molar-refractivity contribution is -0.147. The number of nitrogens with zero attached hydrogens (tertiary/aromatic N) is 3. The average molecular weight is 429 g/mol. The third-order valence-corrected chi connectivity index (χ3v) is 5.84. The highest BCUT2D eigenvalue weighted by Gasteiger charge is 2.34. The molecule has 0 atom stereocenters. The van der Waals surface area contributed by atoms with Gasteiger partial charge in [0.05, 0.1) is 0 Å². The number of ether oxygens (including phenoxy) is 2. The normalized spacial score (nSPS) is 20.0. The summed E-state index contributed by atoms with van der Waals surface area (Å²) in [6, 6.07) is 5.69. The highest BCUT2D eigenvalue weighted by molar-refractivity contribution is 6.04. The molecule has 3 aliphatic heterocycles. The number of hydrogen-bond donors (Lipinski definition) is 0. The van der Waals surface area contributed by atoms with Gasteiger partial charge >= 0.3 is 0 Å². The van der Waals surface area contributed by atoms with Gasteiger partial charge in [-0.2, -0.15) is 0 Å². The number of piperazine rings is 1. The minimum Gasteiger partial charge on any atom is -0.483 e. The van der Waals surface area contributed by atoms with Crippen molar-refractivity contribution in [2.45, 2.75) is 38.7 Å². The molecule has 166 valence electrons. The Bertz CT molecular complexity index is 904. The zero-order chi connectivity index (χ0) is 22.2. The Balaban J connectivity index is 1.26. The number of fused-ring (bicyclic) bond motifs is 1. The van der Waals surface area contributed by atoms with Crippen LogP contribution in [0.25, 0.3) is 0 Å². The summed E-state index contributed by atoms with van der Waals surface area (Å²) in [4.78, 5) is 52.7. The van der Waals surface area contributed by atoms with Crippen LogP contribution in [0.2, 0.25) is 0 Å². The SMILES string of the molecule is CC1(C)Cc2cccc(OCC(=O)N3CCN(C(=O)CN4C(=O)CCC4=O)CC3)c2O1. The van der Waals surface area contributed by atoms with Crippen LogP contribution >= 0.6 is 0 Å². The van der Waals surface area contributed by atoms with Crippen LogP contribution in [-0.4, -0.2) is 83.3 Å². The molecule has 3 aliphatic rings. The lowest BCUT2D eigenvalue weighted by atomic mass is 10.0. The first kappa shape index (κ1) is 21.1. The first-order valence-corrected chi connectivity index (χ1v) is 10.6. The standard InChI is InChI=1S/C22H27N3O6/c1-22(2)12-15-4-3-5-16(21(15)31-22)30-14-20(29)24-10-8-23(9-11-24)19(28)13-25-17(26)6-7-18(25)27/h3-5H,6-14H2,1-2H3. The second kappa shape index (κ2) is 8.20. The van der Waals surface area contributed by atoms with Crippen molar-refractivity contribution >= 4 is 23.6 Å². The van der Waals surface area contributed by atoms with E-state index >= 15 is 0 Å². The second-order valence-corrected chi connectivity index (χ2v) is 8.71. The van der Waals surface area contributed by atoms with Crippen LogP contribution in [0.5, 0.6) is 11.5 Å². The Morgan fingerprint density at radius 2 is 1.61 bits per heavy atom. The van der Waals surface area contributed by atoms with Crippen molar-refractivity contribution in [3.8, 4) is 11.5 Å². The molecule has 0 N–H and O–H groups in total. The summed E-state index contributed by atoms with van der Waals surface area (Å²) < 4.78 is 11.7. The van der Waals surface area contributed by atoms with E-state index in [1.165, 1.54) is 0 Å². The van der Waals surface area contributed by atoms with Crippen LogP contribution in [0.15, 0.2) is 18.2 Å². The van der Waals surface area contributed by atoms with Crippen LogP contribution in [0, 0.1) is 0 Å². The molecule has 1 aromatic rings. The molecule has 0 aromatic heterocycles. The minimum atomic E-state index is -0.302. The van der Waals surface area contributed by atoms with E-state index in [-0.39, 0.29) is 55.2 Å². The largest absolute Gasteiger partial charge is 0.483 e. The Morgan fingerprint density at radius 1 is 1.00 bits per heavy atom. The van der Waals surface area contributed by atoms with Gasteiger partial charge in [-0.05, 0) is 19.9 Å². The number of amides is 4. The molecule has 0 spiro atoms. The molecule has 4 amide bonds. The summed E-state index contributed by atoms with van der Waals surface area (Å²) >= 11 is 0. The molecule has 2 fully saturated rings. The fraction of sp³-hybridized carbons (Fsp3) is 0.545. The molecule has 2 saturated heterocycles. The van der Waals surface area contributed by atoms with E-state index in [0.717, 1.165) is 16.9 Å². The predicted molar refractivity (Wildman–Crippen MR) is 109 cm³/mol. The summed E-state index contributed by atoms with van der Waals surface area (Å²) in [6.07, 6.45) is 1.13. The summed E-state index contributed by atoms with van der Waals surface area (Å²) in [6.45, 7) is 5.18.